The summed E-state index contributed by atoms with van der Waals surface area (Å²) >= 11 is 7.53. The zero-order valence-electron chi connectivity index (χ0n) is 19.4. The van der Waals surface area contributed by atoms with Crippen molar-refractivity contribution in [3.8, 4) is 5.75 Å². The largest absolute Gasteiger partial charge is 0.481 e. The van der Waals surface area contributed by atoms with E-state index in [2.05, 4.69) is 10.6 Å². The molecule has 2 aromatic carbocycles. The van der Waals surface area contributed by atoms with Gasteiger partial charge in [-0.3, -0.25) is 14.4 Å². The quantitative estimate of drug-likeness (QED) is 0.397. The number of nitrogens with two attached hydrogens (primary N) is 1. The molecule has 0 aliphatic heterocycles. The van der Waals surface area contributed by atoms with Gasteiger partial charge in [0.15, 0.2) is 6.10 Å². The van der Waals surface area contributed by atoms with Crippen molar-refractivity contribution in [3.63, 3.8) is 0 Å². The number of primary amides is 1. The fourth-order valence-electron chi connectivity index (χ4n) is 4.01. The number of halogens is 1. The Kier molecular flexibility index (Phi) is 7.42. The predicted octanol–water partition coefficient (Wildman–Crippen LogP) is 5.35. The zero-order valence-corrected chi connectivity index (χ0v) is 21.0. The van der Waals surface area contributed by atoms with E-state index >= 15 is 0 Å². The normalized spacial score (nSPS) is 13.5. The lowest BCUT2D eigenvalue weighted by atomic mass is 9.95. The molecule has 1 atom stereocenters. The Hall–Kier alpha value is -3.36. The third kappa shape index (κ3) is 5.49. The number of amides is 3. The monoisotopic (exact) mass is 511 g/mol. The van der Waals surface area contributed by atoms with Crippen LogP contribution in [-0.4, -0.2) is 23.8 Å². The van der Waals surface area contributed by atoms with E-state index in [0.29, 0.717) is 32.6 Å². The van der Waals surface area contributed by atoms with Crippen LogP contribution in [0.1, 0.15) is 56.5 Å². The van der Waals surface area contributed by atoms with Crippen LogP contribution < -0.4 is 21.1 Å². The molecule has 35 heavy (non-hydrogen) atoms. The van der Waals surface area contributed by atoms with Gasteiger partial charge in [-0.05, 0) is 87.1 Å². The number of thiophene rings is 1. The van der Waals surface area contributed by atoms with E-state index in [1.54, 1.807) is 49.4 Å². The molecule has 9 heteroatoms. The highest BCUT2D eigenvalue weighted by Crippen LogP contribution is 2.38. The second kappa shape index (κ2) is 10.5. The summed E-state index contributed by atoms with van der Waals surface area (Å²) in [6.07, 6.45) is 2.99. The van der Waals surface area contributed by atoms with E-state index in [4.69, 9.17) is 22.1 Å². The maximum Gasteiger partial charge on any atom is 0.265 e. The van der Waals surface area contributed by atoms with Gasteiger partial charge in [0.2, 0.25) is 0 Å². The summed E-state index contributed by atoms with van der Waals surface area (Å²) in [5, 5.41) is 6.72. The van der Waals surface area contributed by atoms with Crippen molar-refractivity contribution in [2.24, 2.45) is 5.73 Å². The number of carbonyl (C=O) groups excluding carboxylic acids is 3. The second-order valence-corrected chi connectivity index (χ2v) is 9.93. The lowest BCUT2D eigenvalue weighted by Gasteiger charge is -2.16. The number of rotatable bonds is 7. The van der Waals surface area contributed by atoms with Gasteiger partial charge in [-0.1, -0.05) is 17.7 Å². The third-order valence-electron chi connectivity index (χ3n) is 5.97. The molecular weight excluding hydrogens is 486 g/mol. The van der Waals surface area contributed by atoms with Crippen LogP contribution in [0.25, 0.3) is 0 Å². The summed E-state index contributed by atoms with van der Waals surface area (Å²) in [6, 6.07) is 11.7. The first-order valence-electron chi connectivity index (χ1n) is 11.3. The molecule has 1 aromatic heterocycles. The maximum atomic E-state index is 12.8. The third-order valence-corrected chi connectivity index (χ3v) is 7.59. The molecule has 1 aliphatic rings. The van der Waals surface area contributed by atoms with Crippen LogP contribution in [0.4, 0.5) is 10.7 Å². The summed E-state index contributed by atoms with van der Waals surface area (Å²) in [7, 11) is 0. The van der Waals surface area contributed by atoms with Crippen molar-refractivity contribution in [2.45, 2.75) is 45.6 Å². The minimum absolute atomic E-state index is 0.321. The Bertz CT molecular complexity index is 1290. The lowest BCUT2D eigenvalue weighted by Crippen LogP contribution is -2.30. The molecule has 0 spiro atoms. The Morgan fingerprint density at radius 2 is 1.77 bits per heavy atom. The van der Waals surface area contributed by atoms with Crippen molar-refractivity contribution >= 4 is 51.3 Å². The van der Waals surface area contributed by atoms with Gasteiger partial charge in [0.1, 0.15) is 10.8 Å². The van der Waals surface area contributed by atoms with E-state index in [-0.39, 0.29) is 11.8 Å². The van der Waals surface area contributed by atoms with Crippen molar-refractivity contribution in [3.05, 3.63) is 74.6 Å². The Labute approximate surface area is 212 Å². The minimum Gasteiger partial charge on any atom is -0.481 e. The van der Waals surface area contributed by atoms with E-state index in [1.807, 2.05) is 6.92 Å². The average molecular weight is 512 g/mol. The van der Waals surface area contributed by atoms with E-state index in [1.165, 1.54) is 11.3 Å². The molecule has 0 saturated heterocycles. The Morgan fingerprint density at radius 3 is 2.49 bits per heavy atom. The van der Waals surface area contributed by atoms with Crippen LogP contribution in [0.2, 0.25) is 5.02 Å². The number of nitrogens with one attached hydrogen (secondary N) is 2. The first-order chi connectivity index (χ1) is 16.7. The van der Waals surface area contributed by atoms with Gasteiger partial charge in [0.25, 0.3) is 17.7 Å². The highest BCUT2D eigenvalue weighted by molar-refractivity contribution is 7.17. The molecule has 0 unspecified atom stereocenters. The SMILES string of the molecule is Cc1c(Cl)cccc1NC(=O)[C@H](C)Oc1ccc(C(=O)Nc2sc3c(c2C(N)=O)CCCC3)cc1. The summed E-state index contributed by atoms with van der Waals surface area (Å²) in [4.78, 5) is 38.5. The molecule has 0 fully saturated rings. The molecule has 7 nitrogen and oxygen atoms in total. The number of carbonyl (C=O) groups is 3. The van der Waals surface area contributed by atoms with Gasteiger partial charge < -0.3 is 21.1 Å². The molecule has 4 rings (SSSR count). The molecule has 1 aliphatic carbocycles. The molecule has 0 radical (unpaired) electrons. The van der Waals surface area contributed by atoms with Crippen molar-refractivity contribution < 1.29 is 19.1 Å². The van der Waals surface area contributed by atoms with Gasteiger partial charge in [-0.2, -0.15) is 0 Å². The first kappa shape index (κ1) is 24.8. The lowest BCUT2D eigenvalue weighted by molar-refractivity contribution is -0.122. The standard InChI is InChI=1S/C26H26ClN3O4S/c1-14-19(27)7-5-8-20(14)29-24(32)15(2)34-17-12-10-16(11-13-17)25(33)30-26-22(23(28)31)18-6-3-4-9-21(18)35-26/h5,7-8,10-13,15H,3-4,6,9H2,1-2H3,(H2,28,31)(H,29,32)(H,30,33)/t15-/m0/s1. The smallest absolute Gasteiger partial charge is 0.265 e. The van der Waals surface area contributed by atoms with Crippen LogP contribution in [0.3, 0.4) is 0 Å². The van der Waals surface area contributed by atoms with E-state index in [0.717, 1.165) is 41.7 Å². The number of ether oxygens (including phenoxy) is 1. The molecule has 4 N–H and O–H groups in total. The fraction of sp³-hybridized carbons (Fsp3) is 0.269. The number of hydrogen-bond donors (Lipinski definition) is 3. The maximum absolute atomic E-state index is 12.8. The summed E-state index contributed by atoms with van der Waals surface area (Å²) in [6.45, 7) is 3.46. The summed E-state index contributed by atoms with van der Waals surface area (Å²) < 4.78 is 5.74. The van der Waals surface area contributed by atoms with Crippen LogP contribution in [0, 0.1) is 6.92 Å². The van der Waals surface area contributed by atoms with Crippen molar-refractivity contribution in [1.82, 2.24) is 0 Å². The molecule has 3 aromatic rings. The van der Waals surface area contributed by atoms with Crippen LogP contribution in [0.15, 0.2) is 42.5 Å². The molecular formula is C26H26ClN3O4S. The van der Waals surface area contributed by atoms with Crippen molar-refractivity contribution in [2.75, 3.05) is 10.6 Å². The van der Waals surface area contributed by atoms with Crippen molar-refractivity contribution in [1.29, 1.82) is 0 Å². The Morgan fingerprint density at radius 1 is 1.06 bits per heavy atom. The first-order valence-corrected chi connectivity index (χ1v) is 12.5. The van der Waals surface area contributed by atoms with Crippen LogP contribution >= 0.6 is 22.9 Å². The van der Waals surface area contributed by atoms with Gasteiger partial charge >= 0.3 is 0 Å². The van der Waals surface area contributed by atoms with E-state index < -0.39 is 12.0 Å². The molecule has 1 heterocycles. The summed E-state index contributed by atoms with van der Waals surface area (Å²) in [5.41, 5.74) is 8.79. The average Bonchev–Trinajstić information content (AvgIpc) is 3.20. The van der Waals surface area contributed by atoms with Gasteiger partial charge in [-0.15, -0.1) is 11.3 Å². The van der Waals surface area contributed by atoms with Gasteiger partial charge in [0, 0.05) is 21.2 Å². The second-order valence-electron chi connectivity index (χ2n) is 8.42. The highest BCUT2D eigenvalue weighted by atomic mass is 35.5. The van der Waals surface area contributed by atoms with Gasteiger partial charge in [-0.25, -0.2) is 0 Å². The minimum atomic E-state index is -0.774. The Balaban J connectivity index is 1.40. The summed E-state index contributed by atoms with van der Waals surface area (Å²) in [5.74, 6) is -0.752. The topological polar surface area (TPSA) is 111 Å². The molecule has 0 bridgehead atoms. The molecule has 182 valence electrons. The number of anilines is 2. The van der Waals surface area contributed by atoms with Crippen LogP contribution in [-0.2, 0) is 17.6 Å². The highest BCUT2D eigenvalue weighted by Gasteiger charge is 2.25. The number of benzene rings is 2. The number of aryl methyl sites for hydroxylation is 1. The van der Waals surface area contributed by atoms with E-state index in [9.17, 15) is 14.4 Å². The molecule has 3 amide bonds. The number of hydrogen-bond acceptors (Lipinski definition) is 5. The zero-order chi connectivity index (χ0) is 25.1. The van der Waals surface area contributed by atoms with Crippen LogP contribution in [0.5, 0.6) is 5.75 Å². The fourth-order valence-corrected chi connectivity index (χ4v) is 5.47. The number of fused-ring (bicyclic) bond motifs is 1. The van der Waals surface area contributed by atoms with Gasteiger partial charge in [0.05, 0.1) is 5.56 Å². The molecule has 0 saturated carbocycles. The predicted molar refractivity (Wildman–Crippen MR) is 139 cm³/mol.